The molecule has 1 fully saturated rings. The zero-order valence-corrected chi connectivity index (χ0v) is 17.3. The van der Waals surface area contributed by atoms with Gasteiger partial charge in [0.25, 0.3) is 5.88 Å². The Morgan fingerprint density at radius 2 is 1.86 bits per heavy atom. The van der Waals surface area contributed by atoms with Crippen LogP contribution in [0.2, 0.25) is 0 Å². The number of nitrogens with zero attached hydrogens (tertiary/aromatic N) is 3. The number of ether oxygens (including phenoxy) is 2. The van der Waals surface area contributed by atoms with E-state index in [2.05, 4.69) is 41.3 Å². The van der Waals surface area contributed by atoms with E-state index in [9.17, 15) is 0 Å². The van der Waals surface area contributed by atoms with Crippen molar-refractivity contribution in [3.05, 3.63) is 53.7 Å². The van der Waals surface area contributed by atoms with Crippen molar-refractivity contribution in [1.82, 2.24) is 10.1 Å². The van der Waals surface area contributed by atoms with E-state index in [-0.39, 0.29) is 18.3 Å². The number of morpholine rings is 1. The van der Waals surface area contributed by atoms with Crippen molar-refractivity contribution in [2.75, 3.05) is 33.4 Å². The van der Waals surface area contributed by atoms with Crippen LogP contribution >= 0.6 is 12.4 Å². The van der Waals surface area contributed by atoms with Crippen molar-refractivity contribution < 1.29 is 14.0 Å². The van der Waals surface area contributed by atoms with Gasteiger partial charge in [0.05, 0.1) is 26.0 Å². The SMILES string of the molecule is COc1ccc2cc(C(C)c3cc(N=C(N)N4CCOCC4)on3)ccc2c1.Cl. The molecule has 4 rings (SSSR count). The third-order valence-electron chi connectivity index (χ3n) is 5.09. The number of aliphatic imine (C=N–C) groups is 1. The van der Waals surface area contributed by atoms with E-state index in [1.807, 2.05) is 23.1 Å². The molecule has 1 aliphatic rings. The zero-order chi connectivity index (χ0) is 19.5. The Labute approximate surface area is 175 Å². The van der Waals surface area contributed by atoms with Crippen molar-refractivity contribution in [3.8, 4) is 5.75 Å². The van der Waals surface area contributed by atoms with Crippen LogP contribution in [0, 0.1) is 0 Å². The van der Waals surface area contributed by atoms with Gasteiger partial charge < -0.3 is 24.6 Å². The standard InChI is InChI=1S/C21H24N4O3.ClH/c1-14(15-3-4-17-12-18(26-2)6-5-16(17)11-15)19-13-20(28-24-19)23-21(22)25-7-9-27-10-8-25;/h3-6,11-14H,7-10H2,1-2H3,(H2,22,23);1H. The highest BCUT2D eigenvalue weighted by Crippen LogP contribution is 2.30. The predicted octanol–water partition coefficient (Wildman–Crippen LogP) is 3.69. The van der Waals surface area contributed by atoms with Crippen LogP contribution in [0.4, 0.5) is 5.88 Å². The number of rotatable bonds is 4. The van der Waals surface area contributed by atoms with E-state index in [1.165, 1.54) is 0 Å². The Hall–Kier alpha value is -2.77. The summed E-state index contributed by atoms with van der Waals surface area (Å²) in [6.07, 6.45) is 0. The fourth-order valence-corrected chi connectivity index (χ4v) is 3.32. The maximum Gasteiger partial charge on any atom is 0.253 e. The molecule has 0 aliphatic carbocycles. The van der Waals surface area contributed by atoms with E-state index in [0.29, 0.717) is 25.1 Å². The lowest BCUT2D eigenvalue weighted by atomic mass is 9.95. The van der Waals surface area contributed by atoms with E-state index in [0.717, 1.165) is 40.9 Å². The van der Waals surface area contributed by atoms with Gasteiger partial charge in [0.1, 0.15) is 5.75 Å². The van der Waals surface area contributed by atoms with E-state index in [1.54, 1.807) is 7.11 Å². The molecule has 2 aromatic carbocycles. The molecule has 1 aromatic heterocycles. The second-order valence-electron chi connectivity index (χ2n) is 6.85. The second-order valence-corrected chi connectivity index (χ2v) is 6.85. The highest BCUT2D eigenvalue weighted by atomic mass is 35.5. The summed E-state index contributed by atoms with van der Waals surface area (Å²) in [6, 6.07) is 14.3. The molecule has 29 heavy (non-hydrogen) atoms. The van der Waals surface area contributed by atoms with Gasteiger partial charge in [-0.2, -0.15) is 4.99 Å². The van der Waals surface area contributed by atoms with Crippen LogP contribution in [0.25, 0.3) is 10.8 Å². The van der Waals surface area contributed by atoms with Gasteiger partial charge in [0.15, 0.2) is 5.96 Å². The normalized spacial score (nSPS) is 15.8. The fraction of sp³-hybridized carbons (Fsp3) is 0.333. The molecule has 0 bridgehead atoms. The lowest BCUT2D eigenvalue weighted by molar-refractivity contribution is 0.0675. The van der Waals surface area contributed by atoms with Crippen LogP contribution in [0.5, 0.6) is 5.75 Å². The number of hydrogen-bond donors (Lipinski definition) is 1. The number of fused-ring (bicyclic) bond motifs is 1. The molecule has 1 unspecified atom stereocenters. The maximum atomic E-state index is 6.09. The molecule has 8 heteroatoms. The summed E-state index contributed by atoms with van der Waals surface area (Å²) in [7, 11) is 1.67. The zero-order valence-electron chi connectivity index (χ0n) is 16.5. The van der Waals surface area contributed by atoms with Crippen LogP contribution in [0.1, 0.15) is 24.1 Å². The summed E-state index contributed by atoms with van der Waals surface area (Å²) in [5.74, 6) is 1.77. The number of nitrogens with two attached hydrogens (primary N) is 1. The molecule has 0 radical (unpaired) electrons. The van der Waals surface area contributed by atoms with Gasteiger partial charge >= 0.3 is 0 Å². The van der Waals surface area contributed by atoms with Crippen molar-refractivity contribution in [1.29, 1.82) is 0 Å². The Morgan fingerprint density at radius 3 is 2.62 bits per heavy atom. The lowest BCUT2D eigenvalue weighted by Crippen LogP contribution is -2.44. The van der Waals surface area contributed by atoms with Crippen molar-refractivity contribution in [2.45, 2.75) is 12.8 Å². The molecule has 1 saturated heterocycles. The van der Waals surface area contributed by atoms with Crippen molar-refractivity contribution >= 4 is 35.0 Å². The Kier molecular flexibility index (Phi) is 6.61. The molecule has 3 aromatic rings. The minimum atomic E-state index is 0. The average molecular weight is 417 g/mol. The number of halogens is 1. The molecule has 154 valence electrons. The Balaban J connectivity index is 0.00000240. The smallest absolute Gasteiger partial charge is 0.253 e. The number of aromatic nitrogens is 1. The number of guanidine groups is 1. The summed E-state index contributed by atoms with van der Waals surface area (Å²) in [5, 5.41) is 6.49. The van der Waals surface area contributed by atoms with Crippen LogP contribution in [0.15, 0.2) is 52.0 Å². The molecule has 7 nitrogen and oxygen atoms in total. The van der Waals surface area contributed by atoms with E-state index >= 15 is 0 Å². The minimum Gasteiger partial charge on any atom is -0.497 e. The first-order valence-corrected chi connectivity index (χ1v) is 9.35. The number of methoxy groups -OCH3 is 1. The molecule has 1 atom stereocenters. The molecule has 0 amide bonds. The highest BCUT2D eigenvalue weighted by Gasteiger charge is 2.17. The molecule has 0 saturated carbocycles. The maximum absolute atomic E-state index is 6.09. The molecule has 2 N–H and O–H groups in total. The third-order valence-corrected chi connectivity index (χ3v) is 5.09. The van der Waals surface area contributed by atoms with E-state index < -0.39 is 0 Å². The van der Waals surface area contributed by atoms with Crippen molar-refractivity contribution in [2.24, 2.45) is 10.7 Å². The number of benzene rings is 2. The fourth-order valence-electron chi connectivity index (χ4n) is 3.32. The molecule has 1 aliphatic heterocycles. The predicted molar refractivity (Wildman–Crippen MR) is 115 cm³/mol. The topological polar surface area (TPSA) is 86.1 Å². The minimum absolute atomic E-state index is 0. The quantitative estimate of drug-likeness (QED) is 0.515. The molecular weight excluding hydrogens is 392 g/mol. The first-order valence-electron chi connectivity index (χ1n) is 9.35. The summed E-state index contributed by atoms with van der Waals surface area (Å²) in [6.45, 7) is 4.87. The van der Waals surface area contributed by atoms with Gasteiger partial charge in [-0.15, -0.1) is 12.4 Å². The average Bonchev–Trinajstić information content (AvgIpc) is 3.21. The van der Waals surface area contributed by atoms with Gasteiger partial charge in [-0.25, -0.2) is 0 Å². The molecular formula is C21H25ClN4O3. The largest absolute Gasteiger partial charge is 0.497 e. The summed E-state index contributed by atoms with van der Waals surface area (Å²) < 4.78 is 16.0. The van der Waals surface area contributed by atoms with Crippen molar-refractivity contribution in [3.63, 3.8) is 0 Å². The van der Waals surface area contributed by atoms with Gasteiger partial charge in [-0.3, -0.25) is 0 Å². The first-order chi connectivity index (χ1) is 13.6. The van der Waals surface area contributed by atoms with Crippen LogP contribution in [-0.4, -0.2) is 49.4 Å². The summed E-state index contributed by atoms with van der Waals surface area (Å²) in [4.78, 5) is 6.35. The van der Waals surface area contributed by atoms with Crippen LogP contribution in [0.3, 0.4) is 0 Å². The Bertz CT molecular complexity index is 999. The molecule has 0 spiro atoms. The number of hydrogen-bond acceptors (Lipinski definition) is 5. The summed E-state index contributed by atoms with van der Waals surface area (Å²) in [5.41, 5.74) is 8.06. The first kappa shape index (κ1) is 21.0. The Morgan fingerprint density at radius 1 is 1.14 bits per heavy atom. The lowest BCUT2D eigenvalue weighted by Gasteiger charge is -2.27. The van der Waals surface area contributed by atoms with Crippen LogP contribution in [-0.2, 0) is 4.74 Å². The second kappa shape index (κ2) is 9.15. The van der Waals surface area contributed by atoms with Gasteiger partial charge in [0.2, 0.25) is 0 Å². The third kappa shape index (κ3) is 4.63. The summed E-state index contributed by atoms with van der Waals surface area (Å²) >= 11 is 0. The van der Waals surface area contributed by atoms with Gasteiger partial charge in [0, 0.05) is 25.1 Å². The molecule has 2 heterocycles. The van der Waals surface area contributed by atoms with Crippen LogP contribution < -0.4 is 10.5 Å². The van der Waals surface area contributed by atoms with E-state index in [4.69, 9.17) is 19.7 Å². The monoisotopic (exact) mass is 416 g/mol. The highest BCUT2D eigenvalue weighted by molar-refractivity contribution is 5.85. The van der Waals surface area contributed by atoms with Gasteiger partial charge in [-0.05, 0) is 28.5 Å². The van der Waals surface area contributed by atoms with Gasteiger partial charge in [-0.1, -0.05) is 36.3 Å².